The van der Waals surface area contributed by atoms with Gasteiger partial charge >= 0.3 is 6.09 Å². The molecule has 1 aromatic rings. The lowest BCUT2D eigenvalue weighted by atomic mass is 10.0. The highest BCUT2D eigenvalue weighted by Gasteiger charge is 2.28. The average molecular weight is 544 g/mol. The first-order valence-electron chi connectivity index (χ1n) is 13.0. The second-order valence-corrected chi connectivity index (χ2v) is 11.0. The van der Waals surface area contributed by atoms with Crippen LogP contribution < -0.4 is 0 Å². The number of carbonyl (C=O) groups is 1. The zero-order valence-electron chi connectivity index (χ0n) is 23.0. The third kappa shape index (κ3) is 10.9. The molecule has 9 heteroatoms. The van der Waals surface area contributed by atoms with E-state index < -0.39 is 17.1 Å². The number of likely N-dealkylation sites (N-methyl/N-ethyl adjacent to an activating group) is 1. The lowest BCUT2D eigenvalue weighted by molar-refractivity contribution is -0.222. The van der Waals surface area contributed by atoms with Gasteiger partial charge in [0, 0.05) is 43.3 Å². The summed E-state index contributed by atoms with van der Waals surface area (Å²) < 4.78 is 14.4. The van der Waals surface area contributed by atoms with E-state index in [1.807, 2.05) is 32.1 Å². The van der Waals surface area contributed by atoms with Crippen LogP contribution in [0.1, 0.15) is 59.8 Å². The van der Waals surface area contributed by atoms with E-state index in [2.05, 4.69) is 46.5 Å². The molecular weight excluding hydrogens is 498 g/mol. The predicted octanol–water partition coefficient (Wildman–Crippen LogP) is 6.17. The van der Waals surface area contributed by atoms with Crippen LogP contribution in [0.15, 0.2) is 41.8 Å². The SMILES string of the molecule is C=CC(C)CN(C)C1CCCN(C(=O)OOC)C1.CC.C[C@@H]1CCCCN1S(=O)c1ccc(Cl)cc1. The maximum atomic E-state index is 12.3. The van der Waals surface area contributed by atoms with Crippen molar-refractivity contribution in [2.75, 3.05) is 40.3 Å². The largest absolute Gasteiger partial charge is 0.441 e. The van der Waals surface area contributed by atoms with Crippen LogP contribution in [0.4, 0.5) is 4.79 Å². The number of amides is 1. The second-order valence-electron chi connectivity index (χ2n) is 9.10. The number of hydrogen-bond donors (Lipinski definition) is 0. The van der Waals surface area contributed by atoms with Gasteiger partial charge in [0.2, 0.25) is 0 Å². The molecule has 7 nitrogen and oxygen atoms in total. The Morgan fingerprint density at radius 1 is 1.22 bits per heavy atom. The van der Waals surface area contributed by atoms with Gasteiger partial charge in [0.05, 0.1) is 12.0 Å². The topological polar surface area (TPSA) is 62.3 Å². The van der Waals surface area contributed by atoms with Crippen LogP contribution >= 0.6 is 11.6 Å². The van der Waals surface area contributed by atoms with Gasteiger partial charge in [0.1, 0.15) is 11.0 Å². The van der Waals surface area contributed by atoms with Gasteiger partial charge in [-0.15, -0.1) is 6.58 Å². The fourth-order valence-electron chi connectivity index (χ4n) is 4.29. The Morgan fingerprint density at radius 3 is 2.47 bits per heavy atom. The van der Waals surface area contributed by atoms with Gasteiger partial charge in [-0.3, -0.25) is 4.89 Å². The molecule has 0 aromatic heterocycles. The molecule has 0 N–H and O–H groups in total. The maximum Gasteiger partial charge on any atom is 0.441 e. The van der Waals surface area contributed by atoms with Crippen LogP contribution in [-0.4, -0.2) is 76.8 Å². The van der Waals surface area contributed by atoms with E-state index in [4.69, 9.17) is 11.6 Å². The molecule has 3 rings (SSSR count). The van der Waals surface area contributed by atoms with Crippen molar-refractivity contribution < 1.29 is 18.8 Å². The van der Waals surface area contributed by atoms with Crippen LogP contribution in [0.2, 0.25) is 5.02 Å². The van der Waals surface area contributed by atoms with Crippen molar-refractivity contribution in [3.8, 4) is 0 Å². The summed E-state index contributed by atoms with van der Waals surface area (Å²) in [6.45, 7) is 15.4. The van der Waals surface area contributed by atoms with E-state index in [1.165, 1.54) is 13.5 Å². The third-order valence-electron chi connectivity index (χ3n) is 6.38. The fourth-order valence-corrected chi connectivity index (χ4v) is 5.78. The zero-order valence-corrected chi connectivity index (χ0v) is 24.5. The van der Waals surface area contributed by atoms with E-state index in [0.29, 0.717) is 29.6 Å². The van der Waals surface area contributed by atoms with Gasteiger partial charge in [0.25, 0.3) is 0 Å². The summed E-state index contributed by atoms with van der Waals surface area (Å²) in [6.07, 6.45) is 7.19. The summed E-state index contributed by atoms with van der Waals surface area (Å²) >= 11 is 5.82. The summed E-state index contributed by atoms with van der Waals surface area (Å²) in [5.74, 6) is 0.455. The number of benzene rings is 1. The second kappa shape index (κ2) is 17.9. The van der Waals surface area contributed by atoms with E-state index in [1.54, 1.807) is 17.0 Å². The maximum absolute atomic E-state index is 12.3. The number of halogens is 1. The van der Waals surface area contributed by atoms with Gasteiger partial charge in [-0.2, -0.15) is 4.89 Å². The number of piperidine rings is 2. The molecular formula is C27H46ClN3O4S. The molecule has 0 bridgehead atoms. The lowest BCUT2D eigenvalue weighted by Crippen LogP contribution is -2.49. The molecule has 206 valence electrons. The molecule has 2 aliphatic rings. The minimum Gasteiger partial charge on any atom is -0.304 e. The quantitative estimate of drug-likeness (QED) is 0.234. The normalized spacial score (nSPS) is 21.8. The molecule has 2 fully saturated rings. The molecule has 2 saturated heterocycles. The van der Waals surface area contributed by atoms with Gasteiger partial charge < -0.3 is 9.80 Å². The molecule has 36 heavy (non-hydrogen) atoms. The van der Waals surface area contributed by atoms with E-state index in [0.717, 1.165) is 50.2 Å². The van der Waals surface area contributed by atoms with Crippen LogP contribution in [0.5, 0.6) is 0 Å². The smallest absolute Gasteiger partial charge is 0.304 e. The molecule has 2 heterocycles. The first kappa shape index (κ1) is 32.6. The molecule has 4 atom stereocenters. The molecule has 2 aliphatic heterocycles. The predicted molar refractivity (Wildman–Crippen MR) is 149 cm³/mol. The fraction of sp³-hybridized carbons (Fsp3) is 0.667. The van der Waals surface area contributed by atoms with Gasteiger partial charge in [-0.05, 0) is 69.8 Å². The third-order valence-corrected chi connectivity index (χ3v) is 8.28. The number of carbonyl (C=O) groups excluding carboxylic acids is 1. The van der Waals surface area contributed by atoms with Gasteiger partial charge in [0.15, 0.2) is 0 Å². The van der Waals surface area contributed by atoms with Gasteiger partial charge in [-0.25, -0.2) is 13.3 Å². The molecule has 0 spiro atoms. The van der Waals surface area contributed by atoms with Crippen molar-refractivity contribution in [2.45, 2.75) is 76.8 Å². The summed E-state index contributed by atoms with van der Waals surface area (Å²) in [6, 6.07) is 8.07. The van der Waals surface area contributed by atoms with Gasteiger partial charge in [-0.1, -0.05) is 44.9 Å². The minimum atomic E-state index is -1.03. The van der Waals surface area contributed by atoms with E-state index in [9.17, 15) is 9.00 Å². The Bertz CT molecular complexity index is 796. The highest BCUT2D eigenvalue weighted by molar-refractivity contribution is 7.82. The summed E-state index contributed by atoms with van der Waals surface area (Å²) in [4.78, 5) is 25.4. The Balaban J connectivity index is 0.000000338. The lowest BCUT2D eigenvalue weighted by Gasteiger charge is -2.37. The number of rotatable bonds is 7. The number of hydrogen-bond acceptors (Lipinski definition) is 5. The summed E-state index contributed by atoms with van der Waals surface area (Å²) in [5.41, 5.74) is 0. The first-order chi connectivity index (χ1) is 17.3. The molecule has 0 saturated carbocycles. The summed E-state index contributed by atoms with van der Waals surface area (Å²) in [7, 11) is 2.40. The molecule has 1 amide bonds. The minimum absolute atomic E-state index is 0.380. The Kier molecular flexibility index (Phi) is 16.2. The summed E-state index contributed by atoms with van der Waals surface area (Å²) in [5, 5.41) is 0.687. The molecule has 0 aliphatic carbocycles. The Morgan fingerprint density at radius 2 is 1.89 bits per heavy atom. The van der Waals surface area contributed by atoms with Crippen molar-refractivity contribution in [2.24, 2.45) is 5.92 Å². The standard InChI is InChI=1S/C13H24N2O3.C12H16ClNOS.C2H6/c1-5-11(2)9-14(3)12-7-6-8-15(10-12)13(16)18-17-4;1-10-4-2-3-9-14(10)16(15)12-7-5-11(13)6-8-12;1-2/h5,11-12H,1,6-10H2,2-4H3;5-8,10H,2-4,9H2,1H3;1-2H3/t;10-,16?;/m.1./s1. The van der Waals surface area contributed by atoms with Crippen molar-refractivity contribution in [1.29, 1.82) is 0 Å². The average Bonchev–Trinajstić information content (AvgIpc) is 2.90. The molecule has 0 radical (unpaired) electrons. The van der Waals surface area contributed by atoms with Crippen LogP contribution in [0, 0.1) is 5.92 Å². The molecule has 1 aromatic carbocycles. The van der Waals surface area contributed by atoms with Crippen molar-refractivity contribution in [3.05, 3.63) is 41.9 Å². The van der Waals surface area contributed by atoms with Crippen molar-refractivity contribution >= 4 is 28.7 Å². The zero-order chi connectivity index (χ0) is 27.1. The van der Waals surface area contributed by atoms with Crippen molar-refractivity contribution in [1.82, 2.24) is 14.1 Å². The monoisotopic (exact) mass is 543 g/mol. The van der Waals surface area contributed by atoms with E-state index in [-0.39, 0.29) is 0 Å². The first-order valence-corrected chi connectivity index (χ1v) is 14.5. The highest BCUT2D eigenvalue weighted by atomic mass is 35.5. The highest BCUT2D eigenvalue weighted by Crippen LogP contribution is 2.23. The number of nitrogens with zero attached hydrogens (tertiary/aromatic N) is 3. The van der Waals surface area contributed by atoms with Crippen LogP contribution in [-0.2, 0) is 20.8 Å². The Hall–Kier alpha value is -1.45. The number of likely N-dealkylation sites (tertiary alicyclic amines) is 1. The van der Waals surface area contributed by atoms with E-state index >= 15 is 0 Å². The molecule has 3 unspecified atom stereocenters. The Labute approximate surface area is 226 Å². The van der Waals surface area contributed by atoms with Crippen LogP contribution in [0.25, 0.3) is 0 Å². The van der Waals surface area contributed by atoms with Crippen molar-refractivity contribution in [3.63, 3.8) is 0 Å². The van der Waals surface area contributed by atoms with Crippen LogP contribution in [0.3, 0.4) is 0 Å².